The first-order valence-electron chi connectivity index (χ1n) is 9.33. The number of aliphatic carboxylic acids is 1. The number of aliphatic hydroxyl groups excluding tert-OH is 1. The molecule has 4 fully saturated rings. The third-order valence-corrected chi connectivity index (χ3v) is 8.71. The largest absolute Gasteiger partial charge is 0.481 e. The van der Waals surface area contributed by atoms with Crippen LogP contribution in [0.25, 0.3) is 0 Å². The van der Waals surface area contributed by atoms with Crippen molar-refractivity contribution < 1.29 is 15.0 Å². The third kappa shape index (κ3) is 1.78. The van der Waals surface area contributed by atoms with E-state index in [-0.39, 0.29) is 11.3 Å². The summed E-state index contributed by atoms with van der Waals surface area (Å²) in [5.41, 5.74) is 0.903. The lowest BCUT2D eigenvalue weighted by Gasteiger charge is -2.64. The summed E-state index contributed by atoms with van der Waals surface area (Å²) in [7, 11) is 0. The summed E-state index contributed by atoms with van der Waals surface area (Å²) in [6.07, 6.45) is 7.89. The zero-order valence-electron chi connectivity index (χ0n) is 14.5. The molecule has 23 heavy (non-hydrogen) atoms. The minimum absolute atomic E-state index is 0.0558. The van der Waals surface area contributed by atoms with Crippen LogP contribution in [0.2, 0.25) is 0 Å². The van der Waals surface area contributed by atoms with Gasteiger partial charge in [-0.2, -0.15) is 0 Å². The fraction of sp³-hybridized carbons (Fsp3) is 0.850. The Morgan fingerprint density at radius 3 is 2.57 bits per heavy atom. The molecule has 128 valence electrons. The molecule has 4 aliphatic rings. The second-order valence-corrected chi connectivity index (χ2v) is 9.47. The maximum Gasteiger partial charge on any atom is 0.312 e. The molecule has 1 spiro atoms. The average molecular weight is 318 g/mol. The Kier molecular flexibility index (Phi) is 3.15. The molecule has 4 saturated carbocycles. The normalized spacial score (nSPS) is 55.2. The Balaban J connectivity index is 1.76. The zero-order chi connectivity index (χ0) is 16.6. The molecule has 7 atom stereocenters. The molecule has 2 bridgehead atoms. The van der Waals surface area contributed by atoms with Gasteiger partial charge >= 0.3 is 5.97 Å². The molecule has 0 unspecified atom stereocenters. The van der Waals surface area contributed by atoms with Crippen LogP contribution in [0.3, 0.4) is 0 Å². The molecule has 4 aliphatic carbocycles. The van der Waals surface area contributed by atoms with Crippen molar-refractivity contribution in [3.8, 4) is 0 Å². The van der Waals surface area contributed by atoms with Crippen LogP contribution in [-0.2, 0) is 4.79 Å². The molecular formula is C20H30O3. The lowest BCUT2D eigenvalue weighted by Crippen LogP contribution is -2.62. The number of carboxylic acids is 1. The number of hydrogen-bond donors (Lipinski definition) is 2. The minimum Gasteiger partial charge on any atom is -0.481 e. The fourth-order valence-electron chi connectivity index (χ4n) is 7.55. The first kappa shape index (κ1) is 15.7. The number of rotatable bonds is 1. The Hall–Kier alpha value is -0.830. The smallest absolute Gasteiger partial charge is 0.312 e. The summed E-state index contributed by atoms with van der Waals surface area (Å²) in [4.78, 5) is 12.1. The maximum atomic E-state index is 12.1. The molecule has 4 rings (SSSR count). The van der Waals surface area contributed by atoms with E-state index in [9.17, 15) is 15.0 Å². The third-order valence-electron chi connectivity index (χ3n) is 8.71. The minimum atomic E-state index is -0.985. The van der Waals surface area contributed by atoms with Crippen LogP contribution in [0.5, 0.6) is 0 Å². The number of fused-ring (bicyclic) bond motifs is 3. The van der Waals surface area contributed by atoms with Gasteiger partial charge in [0.25, 0.3) is 0 Å². The van der Waals surface area contributed by atoms with E-state index < -0.39 is 17.5 Å². The molecule has 0 saturated heterocycles. The van der Waals surface area contributed by atoms with E-state index >= 15 is 0 Å². The number of aliphatic hydroxyl groups is 1. The van der Waals surface area contributed by atoms with Crippen LogP contribution in [0.1, 0.15) is 65.2 Å². The molecule has 2 N–H and O–H groups in total. The van der Waals surface area contributed by atoms with Crippen molar-refractivity contribution in [2.75, 3.05) is 0 Å². The second-order valence-electron chi connectivity index (χ2n) is 9.47. The number of allylic oxidation sites excluding steroid dienone is 1. The van der Waals surface area contributed by atoms with E-state index in [2.05, 4.69) is 13.5 Å². The van der Waals surface area contributed by atoms with Gasteiger partial charge in [-0.3, -0.25) is 4.79 Å². The molecule has 0 aliphatic heterocycles. The van der Waals surface area contributed by atoms with Crippen LogP contribution in [0.15, 0.2) is 12.2 Å². The highest BCUT2D eigenvalue weighted by atomic mass is 16.4. The zero-order valence-corrected chi connectivity index (χ0v) is 14.5. The topological polar surface area (TPSA) is 57.5 Å². The maximum absolute atomic E-state index is 12.1. The highest BCUT2D eigenvalue weighted by Crippen LogP contribution is 2.72. The van der Waals surface area contributed by atoms with E-state index in [4.69, 9.17) is 0 Å². The Bertz CT molecular complexity index is 569. The van der Waals surface area contributed by atoms with Gasteiger partial charge in [-0.15, -0.1) is 0 Å². The molecule has 0 heterocycles. The van der Waals surface area contributed by atoms with Gasteiger partial charge in [-0.05, 0) is 86.9 Å². The van der Waals surface area contributed by atoms with Crippen molar-refractivity contribution in [3.05, 3.63) is 12.2 Å². The highest BCUT2D eigenvalue weighted by molar-refractivity contribution is 5.76. The number of carbonyl (C=O) groups is 1. The van der Waals surface area contributed by atoms with Gasteiger partial charge in [-0.1, -0.05) is 19.1 Å². The Morgan fingerprint density at radius 2 is 1.87 bits per heavy atom. The van der Waals surface area contributed by atoms with E-state index in [0.29, 0.717) is 23.7 Å². The van der Waals surface area contributed by atoms with Crippen molar-refractivity contribution in [1.82, 2.24) is 0 Å². The SMILES string of the molecule is C=C1C[C@]23CC[C@@H]4[C@](C)(CC[C@H](O)[C@]4(C)C(=O)O)[C@H]2CC[C@H]1C3. The molecule has 0 aromatic carbocycles. The summed E-state index contributed by atoms with van der Waals surface area (Å²) in [5, 5.41) is 20.4. The van der Waals surface area contributed by atoms with E-state index in [1.165, 1.54) is 24.8 Å². The lowest BCUT2D eigenvalue weighted by molar-refractivity contribution is -0.204. The summed E-state index contributed by atoms with van der Waals surface area (Å²) in [6.45, 7) is 8.49. The molecule has 0 aromatic heterocycles. The van der Waals surface area contributed by atoms with E-state index in [0.717, 1.165) is 25.7 Å². The lowest BCUT2D eigenvalue weighted by atomic mass is 9.40. The standard InChI is InChI=1S/C20H30O3/c1-12-10-20-9-6-14-18(2,15(20)5-4-13(12)11-20)8-7-16(21)19(14,3)17(22)23/h13-16,21H,1,4-11H2,2-3H3,(H,22,23)/t13-,14+,15+,16-,18-,19+,20-/m0/s1. The van der Waals surface area contributed by atoms with Gasteiger partial charge in [0.2, 0.25) is 0 Å². The molecular weight excluding hydrogens is 288 g/mol. The monoisotopic (exact) mass is 318 g/mol. The van der Waals surface area contributed by atoms with Crippen LogP contribution in [0.4, 0.5) is 0 Å². The quantitative estimate of drug-likeness (QED) is 0.718. The molecule has 3 nitrogen and oxygen atoms in total. The van der Waals surface area contributed by atoms with Crippen molar-refractivity contribution in [1.29, 1.82) is 0 Å². The van der Waals surface area contributed by atoms with Crippen molar-refractivity contribution in [2.24, 2.45) is 34.0 Å². The van der Waals surface area contributed by atoms with Gasteiger partial charge in [0.15, 0.2) is 0 Å². The molecule has 0 radical (unpaired) electrons. The summed E-state index contributed by atoms with van der Waals surface area (Å²) >= 11 is 0. The predicted molar refractivity (Wildman–Crippen MR) is 88.8 cm³/mol. The Labute approximate surface area is 139 Å². The first-order valence-corrected chi connectivity index (χ1v) is 9.33. The number of carboxylic acid groups (broad SMARTS) is 1. The number of hydrogen-bond acceptors (Lipinski definition) is 2. The van der Waals surface area contributed by atoms with Gasteiger partial charge in [0, 0.05) is 0 Å². The van der Waals surface area contributed by atoms with Crippen LogP contribution in [0, 0.1) is 34.0 Å². The summed E-state index contributed by atoms with van der Waals surface area (Å²) in [6, 6.07) is 0. The van der Waals surface area contributed by atoms with E-state index in [1.54, 1.807) is 6.92 Å². The highest BCUT2D eigenvalue weighted by Gasteiger charge is 2.67. The van der Waals surface area contributed by atoms with Crippen LogP contribution in [-0.4, -0.2) is 22.3 Å². The molecule has 0 amide bonds. The average Bonchev–Trinajstić information content (AvgIpc) is 2.73. The van der Waals surface area contributed by atoms with Crippen molar-refractivity contribution >= 4 is 5.97 Å². The van der Waals surface area contributed by atoms with Crippen molar-refractivity contribution in [3.63, 3.8) is 0 Å². The van der Waals surface area contributed by atoms with E-state index in [1.807, 2.05) is 0 Å². The van der Waals surface area contributed by atoms with Gasteiger partial charge < -0.3 is 10.2 Å². The molecule has 0 aromatic rings. The van der Waals surface area contributed by atoms with Crippen LogP contribution >= 0.6 is 0 Å². The second kappa shape index (κ2) is 4.62. The fourth-order valence-corrected chi connectivity index (χ4v) is 7.55. The summed E-state index contributed by atoms with van der Waals surface area (Å²) < 4.78 is 0. The predicted octanol–water partition coefficient (Wildman–Crippen LogP) is 4.01. The van der Waals surface area contributed by atoms with Gasteiger partial charge in [0.1, 0.15) is 0 Å². The van der Waals surface area contributed by atoms with Gasteiger partial charge in [-0.25, -0.2) is 0 Å². The first-order chi connectivity index (χ1) is 10.7. The van der Waals surface area contributed by atoms with Gasteiger partial charge in [0.05, 0.1) is 11.5 Å². The molecule has 3 heteroatoms. The Morgan fingerprint density at radius 1 is 1.13 bits per heavy atom. The van der Waals surface area contributed by atoms with Crippen LogP contribution < -0.4 is 0 Å². The van der Waals surface area contributed by atoms with Crippen molar-refractivity contribution in [2.45, 2.75) is 71.3 Å². The summed E-state index contributed by atoms with van der Waals surface area (Å²) in [5.74, 6) is 0.612.